The van der Waals surface area contributed by atoms with Crippen LogP contribution in [0.3, 0.4) is 0 Å². The summed E-state index contributed by atoms with van der Waals surface area (Å²) < 4.78 is 17.0. The van der Waals surface area contributed by atoms with Crippen LogP contribution in [0.15, 0.2) is 40.8 Å². The van der Waals surface area contributed by atoms with E-state index in [1.165, 1.54) is 0 Å². The molecule has 6 nitrogen and oxygen atoms in total. The van der Waals surface area contributed by atoms with Crippen LogP contribution in [0, 0.1) is 0 Å². The first-order valence-electron chi connectivity index (χ1n) is 8.88. The highest BCUT2D eigenvalue weighted by molar-refractivity contribution is 6.05. The van der Waals surface area contributed by atoms with Crippen molar-refractivity contribution < 1.29 is 18.7 Å². The van der Waals surface area contributed by atoms with Gasteiger partial charge in [0.15, 0.2) is 23.0 Å². The minimum atomic E-state index is -0.203. The number of hydrogen-bond donors (Lipinski definition) is 1. The third kappa shape index (κ3) is 2.87. The molecule has 1 aliphatic heterocycles. The fourth-order valence-electron chi connectivity index (χ4n) is 3.04. The molecule has 2 aliphatic rings. The van der Waals surface area contributed by atoms with Crippen molar-refractivity contribution in [1.29, 1.82) is 0 Å². The Bertz CT molecular complexity index is 991. The molecular weight excluding hydrogens is 332 g/mol. The Morgan fingerprint density at radius 3 is 2.73 bits per heavy atom. The van der Waals surface area contributed by atoms with Gasteiger partial charge in [-0.2, -0.15) is 0 Å². The maximum atomic E-state index is 12.6. The average molecular weight is 350 g/mol. The van der Waals surface area contributed by atoms with E-state index in [1.54, 1.807) is 18.2 Å². The van der Waals surface area contributed by atoms with Crippen molar-refractivity contribution in [1.82, 2.24) is 4.98 Å². The second-order valence-electron chi connectivity index (χ2n) is 6.67. The van der Waals surface area contributed by atoms with E-state index in [4.69, 9.17) is 13.9 Å². The molecule has 1 N–H and O–H groups in total. The molecule has 2 aromatic carbocycles. The molecule has 0 bridgehead atoms. The Morgan fingerprint density at radius 1 is 1.04 bits per heavy atom. The van der Waals surface area contributed by atoms with Crippen LogP contribution in [0.4, 0.5) is 5.69 Å². The number of anilines is 1. The molecule has 1 amide bonds. The molecular formula is C20H18N2O4. The molecule has 2 heterocycles. The molecule has 0 atom stereocenters. The van der Waals surface area contributed by atoms with E-state index in [9.17, 15) is 4.79 Å². The summed E-state index contributed by atoms with van der Waals surface area (Å²) in [6.07, 6.45) is 3.11. The van der Waals surface area contributed by atoms with Crippen LogP contribution in [0.2, 0.25) is 0 Å². The van der Waals surface area contributed by atoms with Gasteiger partial charge in [0.2, 0.25) is 0 Å². The van der Waals surface area contributed by atoms with E-state index in [0.717, 1.165) is 36.3 Å². The molecule has 26 heavy (non-hydrogen) atoms. The number of nitrogens with one attached hydrogen (secondary N) is 1. The number of rotatable bonds is 3. The quantitative estimate of drug-likeness (QED) is 0.769. The molecule has 0 unspecified atom stereocenters. The molecule has 1 saturated carbocycles. The molecule has 132 valence electrons. The zero-order valence-electron chi connectivity index (χ0n) is 14.2. The Hall–Kier alpha value is -3.02. The third-order valence-electron chi connectivity index (χ3n) is 4.60. The van der Waals surface area contributed by atoms with Gasteiger partial charge in [0.1, 0.15) is 5.52 Å². The van der Waals surface area contributed by atoms with Crippen LogP contribution >= 0.6 is 0 Å². The highest BCUT2D eigenvalue weighted by Gasteiger charge is 2.28. The van der Waals surface area contributed by atoms with Crippen molar-refractivity contribution in [3.8, 4) is 11.5 Å². The van der Waals surface area contributed by atoms with Crippen LogP contribution in [-0.4, -0.2) is 24.1 Å². The maximum absolute atomic E-state index is 12.6. The van der Waals surface area contributed by atoms with E-state index < -0.39 is 0 Å². The van der Waals surface area contributed by atoms with Gasteiger partial charge in [0, 0.05) is 23.6 Å². The first-order chi connectivity index (χ1) is 12.8. The molecule has 0 radical (unpaired) electrons. The minimum Gasteiger partial charge on any atom is -0.490 e. The molecule has 0 spiro atoms. The van der Waals surface area contributed by atoms with Gasteiger partial charge in [-0.3, -0.25) is 4.79 Å². The Labute approximate surface area is 150 Å². The fraction of sp³-hybridized carbons (Fsp3) is 0.300. The third-order valence-corrected chi connectivity index (χ3v) is 4.60. The molecule has 6 heteroatoms. The molecule has 1 fully saturated rings. The summed E-state index contributed by atoms with van der Waals surface area (Å²) in [4.78, 5) is 17.1. The Kier molecular flexibility index (Phi) is 3.55. The summed E-state index contributed by atoms with van der Waals surface area (Å²) in [7, 11) is 0. The van der Waals surface area contributed by atoms with Gasteiger partial charge in [-0.15, -0.1) is 0 Å². The summed E-state index contributed by atoms with van der Waals surface area (Å²) >= 11 is 0. The molecule has 5 rings (SSSR count). The normalized spacial score (nSPS) is 16.3. The van der Waals surface area contributed by atoms with Crippen LogP contribution in [0.5, 0.6) is 11.5 Å². The lowest BCUT2D eigenvalue weighted by molar-refractivity contribution is 0.102. The van der Waals surface area contributed by atoms with Gasteiger partial charge < -0.3 is 19.2 Å². The first-order valence-corrected chi connectivity index (χ1v) is 8.88. The van der Waals surface area contributed by atoms with Crippen molar-refractivity contribution >= 4 is 22.7 Å². The topological polar surface area (TPSA) is 73.6 Å². The predicted octanol–water partition coefficient (Wildman–Crippen LogP) is 4.12. The lowest BCUT2D eigenvalue weighted by Gasteiger charge is -2.10. The van der Waals surface area contributed by atoms with Crippen LogP contribution < -0.4 is 14.8 Å². The van der Waals surface area contributed by atoms with Gasteiger partial charge in [-0.05, 0) is 49.2 Å². The second kappa shape index (κ2) is 6.05. The van der Waals surface area contributed by atoms with Crippen molar-refractivity contribution in [2.24, 2.45) is 0 Å². The summed E-state index contributed by atoms with van der Waals surface area (Å²) in [5, 5.41) is 2.91. The monoisotopic (exact) mass is 350 g/mol. The molecule has 0 saturated heterocycles. The predicted molar refractivity (Wildman–Crippen MR) is 96.0 cm³/mol. The summed E-state index contributed by atoms with van der Waals surface area (Å²) in [5.74, 6) is 2.34. The van der Waals surface area contributed by atoms with E-state index in [-0.39, 0.29) is 5.91 Å². The van der Waals surface area contributed by atoms with Crippen LogP contribution in [0.25, 0.3) is 11.1 Å². The summed E-state index contributed by atoms with van der Waals surface area (Å²) in [5.41, 5.74) is 2.72. The fourth-order valence-corrected chi connectivity index (χ4v) is 3.04. The zero-order valence-corrected chi connectivity index (χ0v) is 14.2. The Morgan fingerprint density at radius 2 is 1.88 bits per heavy atom. The zero-order chi connectivity index (χ0) is 17.5. The smallest absolute Gasteiger partial charge is 0.255 e. The van der Waals surface area contributed by atoms with Crippen LogP contribution in [0.1, 0.15) is 41.4 Å². The second-order valence-corrected chi connectivity index (χ2v) is 6.67. The number of oxazole rings is 1. The molecule has 3 aromatic rings. The van der Waals surface area contributed by atoms with Crippen molar-refractivity contribution in [2.45, 2.75) is 25.2 Å². The van der Waals surface area contributed by atoms with Crippen molar-refractivity contribution in [3.05, 3.63) is 47.9 Å². The molecule has 1 aliphatic carbocycles. The van der Waals surface area contributed by atoms with Gasteiger partial charge in [-0.1, -0.05) is 0 Å². The summed E-state index contributed by atoms with van der Waals surface area (Å²) in [6, 6.07) is 10.7. The van der Waals surface area contributed by atoms with Gasteiger partial charge in [0.05, 0.1) is 13.2 Å². The standard InChI is InChI=1S/C20H18N2O4/c23-19(13-4-6-17-18(10-13)25-9-1-8-24-17)21-14-5-7-16-15(11-14)22-20(26-16)12-2-3-12/h4-7,10-12H,1-3,8-9H2,(H,21,23). The first kappa shape index (κ1) is 15.3. The number of fused-ring (bicyclic) bond motifs is 2. The Balaban J connectivity index is 1.37. The number of ether oxygens (including phenoxy) is 2. The van der Waals surface area contributed by atoms with Gasteiger partial charge >= 0.3 is 0 Å². The SMILES string of the molecule is O=C(Nc1ccc2oc(C3CC3)nc2c1)c1ccc2c(c1)OCCCO2. The molecule has 1 aromatic heterocycles. The highest BCUT2D eigenvalue weighted by Crippen LogP contribution is 2.40. The minimum absolute atomic E-state index is 0.203. The van der Waals surface area contributed by atoms with Gasteiger partial charge in [0.25, 0.3) is 5.91 Å². The lowest BCUT2D eigenvalue weighted by Crippen LogP contribution is -2.12. The summed E-state index contributed by atoms with van der Waals surface area (Å²) in [6.45, 7) is 1.21. The maximum Gasteiger partial charge on any atom is 0.255 e. The average Bonchev–Trinajstić information content (AvgIpc) is 3.45. The van der Waals surface area contributed by atoms with E-state index >= 15 is 0 Å². The van der Waals surface area contributed by atoms with E-state index in [1.807, 2.05) is 18.2 Å². The largest absolute Gasteiger partial charge is 0.490 e. The van der Waals surface area contributed by atoms with Crippen molar-refractivity contribution in [2.75, 3.05) is 18.5 Å². The highest BCUT2D eigenvalue weighted by atomic mass is 16.5. The number of nitrogens with zero attached hydrogens (tertiary/aromatic N) is 1. The lowest BCUT2D eigenvalue weighted by atomic mass is 10.1. The van der Waals surface area contributed by atoms with Crippen molar-refractivity contribution in [3.63, 3.8) is 0 Å². The number of carbonyl (C=O) groups excluding carboxylic acids is 1. The number of benzene rings is 2. The van der Waals surface area contributed by atoms with Crippen LogP contribution in [-0.2, 0) is 0 Å². The number of amides is 1. The van der Waals surface area contributed by atoms with Gasteiger partial charge in [-0.25, -0.2) is 4.98 Å². The van der Waals surface area contributed by atoms with E-state index in [2.05, 4.69) is 10.3 Å². The number of aromatic nitrogens is 1. The number of carbonyl (C=O) groups is 1. The van der Waals surface area contributed by atoms with E-state index in [0.29, 0.717) is 41.9 Å². The number of hydrogen-bond acceptors (Lipinski definition) is 5.